The van der Waals surface area contributed by atoms with Crippen LogP contribution in [0.5, 0.6) is 0 Å². The molecular formula is C22H30N2O4. The lowest BCUT2D eigenvalue weighted by molar-refractivity contribution is 0.0675. The lowest BCUT2D eigenvalue weighted by Gasteiger charge is -2.33. The summed E-state index contributed by atoms with van der Waals surface area (Å²) in [6.45, 7) is 8.13. The van der Waals surface area contributed by atoms with Gasteiger partial charge in [-0.25, -0.2) is 4.79 Å². The second-order valence-corrected chi connectivity index (χ2v) is 8.48. The van der Waals surface area contributed by atoms with Gasteiger partial charge in [0, 0.05) is 5.69 Å². The highest BCUT2D eigenvalue weighted by Crippen LogP contribution is 2.46. The van der Waals surface area contributed by atoms with Gasteiger partial charge >= 0.3 is 6.09 Å². The maximum atomic E-state index is 12.1. The molecule has 1 heterocycles. The highest BCUT2D eigenvalue weighted by molar-refractivity contribution is 5.91. The predicted molar refractivity (Wildman–Crippen MR) is 109 cm³/mol. The van der Waals surface area contributed by atoms with Crippen LogP contribution < -0.4 is 5.32 Å². The molecule has 1 amide bonds. The van der Waals surface area contributed by atoms with Gasteiger partial charge in [0.25, 0.3) is 0 Å². The van der Waals surface area contributed by atoms with E-state index < -0.39 is 11.7 Å². The Balaban J connectivity index is 1.75. The van der Waals surface area contributed by atoms with E-state index in [-0.39, 0.29) is 12.0 Å². The van der Waals surface area contributed by atoms with E-state index >= 15 is 0 Å². The first-order valence-corrected chi connectivity index (χ1v) is 9.96. The molecule has 6 nitrogen and oxygen atoms in total. The summed E-state index contributed by atoms with van der Waals surface area (Å²) in [4.78, 5) is 17.2. The minimum Gasteiger partial charge on any atom is -0.491 e. The van der Waals surface area contributed by atoms with Gasteiger partial charge in [0.1, 0.15) is 17.5 Å². The van der Waals surface area contributed by atoms with Gasteiger partial charge < -0.3 is 9.84 Å². The quantitative estimate of drug-likeness (QED) is 0.580. The molecule has 1 saturated heterocycles. The van der Waals surface area contributed by atoms with Crippen molar-refractivity contribution in [3.05, 3.63) is 42.2 Å². The Morgan fingerprint density at radius 1 is 1.43 bits per heavy atom. The second kappa shape index (κ2) is 8.35. The van der Waals surface area contributed by atoms with E-state index in [1.807, 2.05) is 24.3 Å². The van der Waals surface area contributed by atoms with Crippen molar-refractivity contribution in [2.24, 2.45) is 22.9 Å². The number of fused-ring (bicyclic) bond motifs is 1. The fourth-order valence-electron chi connectivity index (χ4n) is 4.01. The van der Waals surface area contributed by atoms with E-state index in [0.29, 0.717) is 35.4 Å². The summed E-state index contributed by atoms with van der Waals surface area (Å²) >= 11 is 0. The van der Waals surface area contributed by atoms with E-state index in [1.54, 1.807) is 19.1 Å². The largest absolute Gasteiger partial charge is 0.491 e. The molecule has 0 bridgehead atoms. The summed E-state index contributed by atoms with van der Waals surface area (Å²) in [6, 6.07) is 9.07. The number of nitrogens with zero attached hydrogens (tertiary/aromatic N) is 1. The molecule has 3 rings (SSSR count). The van der Waals surface area contributed by atoms with Crippen molar-refractivity contribution in [1.82, 2.24) is 0 Å². The first kappa shape index (κ1) is 20.4. The first-order chi connectivity index (χ1) is 13.3. The van der Waals surface area contributed by atoms with Crippen molar-refractivity contribution < 1.29 is 19.5 Å². The lowest BCUT2D eigenvalue weighted by atomic mass is 9.72. The number of oxime groups is 1. The maximum absolute atomic E-state index is 12.1. The van der Waals surface area contributed by atoms with Gasteiger partial charge in [-0.2, -0.15) is 0 Å². The van der Waals surface area contributed by atoms with Crippen LogP contribution >= 0.6 is 0 Å². The predicted octanol–water partition coefficient (Wildman–Crippen LogP) is 4.72. The van der Waals surface area contributed by atoms with Crippen molar-refractivity contribution in [2.75, 3.05) is 5.32 Å². The minimum absolute atomic E-state index is 0.156. The Bertz CT molecular complexity index is 755. The van der Waals surface area contributed by atoms with Gasteiger partial charge in [-0.15, -0.1) is 0 Å². The van der Waals surface area contributed by atoms with Crippen LogP contribution in [-0.2, 0) is 9.57 Å². The summed E-state index contributed by atoms with van der Waals surface area (Å²) in [5.41, 5.74) is 0.153. The fraction of sp³-hybridized carbons (Fsp3) is 0.545. The Morgan fingerprint density at radius 2 is 2.14 bits per heavy atom. The number of amides is 1. The zero-order valence-corrected chi connectivity index (χ0v) is 17.0. The van der Waals surface area contributed by atoms with Gasteiger partial charge in [0.15, 0.2) is 0 Å². The number of nitrogens with one attached hydrogen (secondary N) is 1. The number of allylic oxidation sites excluding steroid dienone is 1. The van der Waals surface area contributed by atoms with Gasteiger partial charge in [-0.3, -0.25) is 10.2 Å². The second-order valence-electron chi connectivity index (χ2n) is 8.48. The van der Waals surface area contributed by atoms with Crippen LogP contribution in [0.15, 0.2) is 47.3 Å². The normalized spacial score (nSPS) is 32.3. The number of hydrogen-bond acceptors (Lipinski definition) is 5. The van der Waals surface area contributed by atoms with Gasteiger partial charge in [0.2, 0.25) is 0 Å². The van der Waals surface area contributed by atoms with Crippen LogP contribution in [0.25, 0.3) is 0 Å². The molecule has 1 aromatic rings. The molecule has 4 atom stereocenters. The average Bonchev–Trinajstić information content (AvgIpc) is 2.88. The zero-order valence-electron chi connectivity index (χ0n) is 17.0. The van der Waals surface area contributed by atoms with Crippen LogP contribution in [0.4, 0.5) is 10.5 Å². The number of aliphatic hydroxyl groups is 1. The molecule has 0 aromatic heterocycles. The Labute approximate surface area is 166 Å². The summed E-state index contributed by atoms with van der Waals surface area (Å²) in [5.74, 6) is 1.10. The number of hydrogen-bond donors (Lipinski definition) is 2. The van der Waals surface area contributed by atoms with Crippen molar-refractivity contribution >= 4 is 17.5 Å². The molecule has 6 heteroatoms. The summed E-state index contributed by atoms with van der Waals surface area (Å²) in [6.07, 6.45) is 3.52. The highest BCUT2D eigenvalue weighted by Gasteiger charge is 2.54. The number of rotatable bonds is 4. The molecule has 0 radical (unpaired) electrons. The number of benzene rings is 1. The SMILES string of the molecule is CC(C)C/C=C1\O[C@H]2C[C@@H](C)C/C(=N\OC(=O)Nc3ccccc3)[C@H]2[C@@]1(C)O. The van der Waals surface area contributed by atoms with Crippen LogP contribution in [0.3, 0.4) is 0 Å². The van der Waals surface area contributed by atoms with E-state index in [1.165, 1.54) is 0 Å². The Morgan fingerprint density at radius 3 is 2.82 bits per heavy atom. The molecule has 152 valence electrons. The molecule has 1 aliphatic heterocycles. The molecule has 1 aliphatic carbocycles. The molecule has 0 spiro atoms. The Hall–Kier alpha value is -2.34. The van der Waals surface area contributed by atoms with Crippen molar-refractivity contribution in [2.45, 2.75) is 58.7 Å². The molecule has 1 aromatic carbocycles. The van der Waals surface area contributed by atoms with Crippen LogP contribution in [0.2, 0.25) is 0 Å². The first-order valence-electron chi connectivity index (χ1n) is 9.96. The smallest absolute Gasteiger partial charge is 0.437 e. The van der Waals surface area contributed by atoms with Crippen LogP contribution in [0, 0.1) is 17.8 Å². The highest BCUT2D eigenvalue weighted by atomic mass is 16.7. The summed E-state index contributed by atoms with van der Waals surface area (Å²) in [7, 11) is 0. The van der Waals surface area contributed by atoms with Crippen molar-refractivity contribution in [1.29, 1.82) is 0 Å². The van der Waals surface area contributed by atoms with E-state index in [9.17, 15) is 9.90 Å². The third-order valence-corrected chi connectivity index (χ3v) is 5.35. The zero-order chi connectivity index (χ0) is 20.3. The summed E-state index contributed by atoms with van der Waals surface area (Å²) < 4.78 is 6.11. The number of carbonyl (C=O) groups is 1. The van der Waals surface area contributed by atoms with Crippen LogP contribution in [-0.4, -0.2) is 28.6 Å². The molecule has 2 N–H and O–H groups in total. The molecule has 2 aliphatic rings. The van der Waals surface area contributed by atoms with Crippen molar-refractivity contribution in [3.8, 4) is 0 Å². The monoisotopic (exact) mass is 386 g/mol. The topological polar surface area (TPSA) is 80.2 Å². The van der Waals surface area contributed by atoms with Gasteiger partial charge in [0.05, 0.1) is 11.6 Å². The molecule has 1 saturated carbocycles. The molecule has 2 fully saturated rings. The molecule has 0 unspecified atom stereocenters. The molecule has 28 heavy (non-hydrogen) atoms. The third kappa shape index (κ3) is 4.55. The third-order valence-electron chi connectivity index (χ3n) is 5.35. The molecular weight excluding hydrogens is 356 g/mol. The van der Waals surface area contributed by atoms with E-state index in [2.05, 4.69) is 31.2 Å². The Kier molecular flexibility index (Phi) is 6.08. The van der Waals surface area contributed by atoms with Gasteiger partial charge in [-0.1, -0.05) is 44.1 Å². The van der Waals surface area contributed by atoms with E-state index in [0.717, 1.165) is 12.8 Å². The number of anilines is 1. The van der Waals surface area contributed by atoms with Crippen LogP contribution in [0.1, 0.15) is 47.0 Å². The standard InChI is InChI=1S/C22H30N2O4/c1-14(2)10-11-19-22(4,26)20-17(12-15(3)13-18(20)27-19)24-28-21(25)23-16-8-6-5-7-9-16/h5-9,11,14-15,18,20,26H,10,12-13H2,1-4H3,(H,23,25)/b19-11-,24-17+/t15-,18-,20+,22-/m0/s1. The van der Waals surface area contributed by atoms with E-state index in [4.69, 9.17) is 9.57 Å². The number of ether oxygens (including phenoxy) is 1. The fourth-order valence-corrected chi connectivity index (χ4v) is 4.01. The number of carbonyl (C=O) groups excluding carboxylic acids is 1. The minimum atomic E-state index is -1.15. The maximum Gasteiger partial charge on any atom is 0.437 e. The van der Waals surface area contributed by atoms with Crippen molar-refractivity contribution in [3.63, 3.8) is 0 Å². The lowest BCUT2D eigenvalue weighted by Crippen LogP contribution is -2.44. The summed E-state index contributed by atoms with van der Waals surface area (Å²) in [5, 5.41) is 18.0. The van der Waals surface area contributed by atoms with Gasteiger partial charge in [-0.05, 0) is 56.2 Å². The average molecular weight is 386 g/mol. The number of para-hydroxylation sites is 1.